The molecule has 9 nitrogen and oxygen atoms in total. The molecule has 1 aromatic heterocycles. The van der Waals surface area contributed by atoms with Crippen molar-refractivity contribution in [3.05, 3.63) is 60.3 Å². The van der Waals surface area contributed by atoms with Crippen LogP contribution in [0.5, 0.6) is 0 Å². The van der Waals surface area contributed by atoms with E-state index in [0.29, 0.717) is 11.3 Å². The van der Waals surface area contributed by atoms with Gasteiger partial charge in [-0.05, 0) is 36.6 Å². The smallest absolute Gasteiger partial charge is 0.254 e. The molecule has 2 unspecified atom stereocenters. The van der Waals surface area contributed by atoms with Crippen LogP contribution in [0.1, 0.15) is 37.6 Å². The van der Waals surface area contributed by atoms with Crippen molar-refractivity contribution in [2.75, 3.05) is 25.5 Å². The zero-order valence-electron chi connectivity index (χ0n) is 22.0. The Morgan fingerprint density at radius 2 is 1.84 bits per heavy atom. The Hall–Kier alpha value is -4.19. The normalized spacial score (nSPS) is 16.6. The Labute approximate surface area is 217 Å². The van der Waals surface area contributed by atoms with E-state index in [1.165, 1.54) is 9.80 Å². The van der Waals surface area contributed by atoms with Crippen molar-refractivity contribution < 1.29 is 14.4 Å². The molecule has 2 atom stereocenters. The fraction of sp³-hybridized carbons (Fsp3) is 0.393. The average molecular weight is 503 g/mol. The average Bonchev–Trinajstić information content (AvgIpc) is 3.47. The van der Waals surface area contributed by atoms with Gasteiger partial charge in [-0.3, -0.25) is 19.1 Å². The number of benzene rings is 2. The van der Waals surface area contributed by atoms with E-state index in [2.05, 4.69) is 37.3 Å². The van der Waals surface area contributed by atoms with Crippen molar-refractivity contribution in [1.29, 1.82) is 5.26 Å². The number of hydrogen-bond donors (Lipinski definition) is 1. The van der Waals surface area contributed by atoms with Gasteiger partial charge in [-0.1, -0.05) is 45.0 Å². The molecule has 37 heavy (non-hydrogen) atoms. The first-order chi connectivity index (χ1) is 17.6. The molecule has 3 amide bonds. The molecule has 1 aliphatic rings. The zero-order chi connectivity index (χ0) is 27.1. The number of hydrogen-bond acceptors (Lipinski definition) is 5. The van der Waals surface area contributed by atoms with Crippen LogP contribution in [-0.2, 0) is 16.6 Å². The monoisotopic (exact) mass is 502 g/mol. The molecule has 1 fully saturated rings. The van der Waals surface area contributed by atoms with E-state index in [1.807, 2.05) is 24.3 Å². The van der Waals surface area contributed by atoms with Crippen LogP contribution in [0, 0.1) is 23.2 Å². The number of nitrogens with zero attached hydrogens (tertiary/aromatic N) is 5. The second-order valence-corrected chi connectivity index (χ2v) is 9.91. The minimum atomic E-state index is -0.710. The largest absolute Gasteiger partial charge is 0.332 e. The van der Waals surface area contributed by atoms with Gasteiger partial charge in [-0.25, -0.2) is 0 Å². The lowest BCUT2D eigenvalue weighted by atomic mass is 10.1. The molecule has 194 valence electrons. The van der Waals surface area contributed by atoms with E-state index < -0.39 is 12.0 Å². The zero-order valence-corrected chi connectivity index (χ0v) is 22.0. The van der Waals surface area contributed by atoms with E-state index in [-0.39, 0.29) is 37.2 Å². The molecule has 9 heteroatoms. The third kappa shape index (κ3) is 6.94. The number of aryl methyl sites for hydroxylation is 1. The van der Waals surface area contributed by atoms with Crippen LogP contribution < -0.4 is 5.32 Å². The minimum absolute atomic E-state index is 0.138. The fourth-order valence-electron chi connectivity index (χ4n) is 4.05. The summed E-state index contributed by atoms with van der Waals surface area (Å²) in [5.74, 6) is -0.565. The summed E-state index contributed by atoms with van der Waals surface area (Å²) in [6.45, 7) is 6.45. The molecule has 1 aliphatic heterocycles. The molecular formula is C28H34N6O3. The highest BCUT2D eigenvalue weighted by Crippen LogP contribution is 2.25. The molecule has 0 aliphatic carbocycles. The molecule has 1 saturated heterocycles. The molecule has 2 heterocycles. The van der Waals surface area contributed by atoms with Crippen LogP contribution in [0.25, 0.3) is 10.9 Å². The van der Waals surface area contributed by atoms with E-state index in [1.54, 1.807) is 49.2 Å². The van der Waals surface area contributed by atoms with Crippen LogP contribution in [0.3, 0.4) is 0 Å². The Morgan fingerprint density at radius 1 is 1.16 bits per heavy atom. The second-order valence-electron chi connectivity index (χ2n) is 9.91. The maximum Gasteiger partial charge on any atom is 0.254 e. The van der Waals surface area contributed by atoms with Gasteiger partial charge in [0.1, 0.15) is 6.04 Å². The molecule has 0 bridgehead atoms. The van der Waals surface area contributed by atoms with Gasteiger partial charge in [0.05, 0.1) is 30.2 Å². The summed E-state index contributed by atoms with van der Waals surface area (Å²) in [7, 11) is 3.34. The maximum atomic E-state index is 12.9. The van der Waals surface area contributed by atoms with E-state index in [9.17, 15) is 19.6 Å². The van der Waals surface area contributed by atoms with Crippen molar-refractivity contribution in [2.45, 2.75) is 33.2 Å². The number of carbonyl (C=O) groups excluding carboxylic acids is 3. The van der Waals surface area contributed by atoms with E-state index in [4.69, 9.17) is 0 Å². The Bertz CT molecular complexity index is 1290. The van der Waals surface area contributed by atoms with Gasteiger partial charge in [-0.15, -0.1) is 0 Å². The van der Waals surface area contributed by atoms with Gasteiger partial charge in [0.2, 0.25) is 11.8 Å². The number of likely N-dealkylation sites (tertiary alicyclic amines) is 1. The molecule has 2 aromatic carbocycles. The second kappa shape index (κ2) is 12.2. The first-order valence-corrected chi connectivity index (χ1v) is 12.3. The Kier molecular flexibility index (Phi) is 9.01. The number of nitriles is 1. The molecule has 0 radical (unpaired) electrons. The van der Waals surface area contributed by atoms with Gasteiger partial charge >= 0.3 is 0 Å². The summed E-state index contributed by atoms with van der Waals surface area (Å²) < 4.78 is 1.68. The lowest BCUT2D eigenvalue weighted by Gasteiger charge is -2.24. The summed E-state index contributed by atoms with van der Waals surface area (Å²) in [6.07, 6.45) is 1.98. The van der Waals surface area contributed by atoms with Crippen molar-refractivity contribution >= 4 is 34.3 Å². The molecular weight excluding hydrogens is 468 g/mol. The Morgan fingerprint density at radius 3 is 2.49 bits per heavy atom. The predicted octanol–water partition coefficient (Wildman–Crippen LogP) is 3.69. The van der Waals surface area contributed by atoms with Crippen molar-refractivity contribution in [3.8, 4) is 6.07 Å². The summed E-state index contributed by atoms with van der Waals surface area (Å²) in [4.78, 5) is 41.2. The topological polar surface area (TPSA) is 111 Å². The van der Waals surface area contributed by atoms with Crippen LogP contribution >= 0.6 is 0 Å². The maximum absolute atomic E-state index is 12.9. The highest BCUT2D eigenvalue weighted by atomic mass is 16.2. The van der Waals surface area contributed by atoms with Crippen molar-refractivity contribution in [2.24, 2.45) is 18.9 Å². The van der Waals surface area contributed by atoms with Crippen LogP contribution in [-0.4, -0.2) is 63.5 Å². The van der Waals surface area contributed by atoms with Crippen LogP contribution in [0.2, 0.25) is 0 Å². The highest BCUT2D eigenvalue weighted by Gasteiger charge is 2.39. The highest BCUT2D eigenvalue weighted by molar-refractivity contribution is 5.99. The van der Waals surface area contributed by atoms with Gasteiger partial charge < -0.3 is 15.1 Å². The first-order valence-electron chi connectivity index (χ1n) is 12.3. The molecule has 0 spiro atoms. The van der Waals surface area contributed by atoms with Gasteiger partial charge in [0, 0.05) is 37.3 Å². The SMILES string of the molecule is CC(C)C.CN(CC(=O)N1CC(C(=O)Nc2ccccc2)CC1C#N)C(=O)c1ccc2cnn(C)c2c1. The van der Waals surface area contributed by atoms with E-state index in [0.717, 1.165) is 16.8 Å². The molecule has 4 rings (SSSR count). The summed E-state index contributed by atoms with van der Waals surface area (Å²) in [5.41, 5.74) is 1.92. The number of rotatable bonds is 5. The standard InChI is InChI=1S/C24H24N6O3.C4H10/c1-28(24(33)16-8-9-17-13-26-29(2)21(17)11-16)15-22(31)30-14-18(10-20(30)12-25)23(32)27-19-6-4-3-5-7-19;1-4(2)3/h3-9,11,13,18,20H,10,14-15H2,1-2H3,(H,27,32);4H,1-3H3. The lowest BCUT2D eigenvalue weighted by molar-refractivity contribution is -0.131. The van der Waals surface area contributed by atoms with E-state index >= 15 is 0 Å². The first kappa shape index (κ1) is 27.4. The molecule has 3 aromatic rings. The van der Waals surface area contributed by atoms with Crippen molar-refractivity contribution in [1.82, 2.24) is 19.6 Å². The number of fused-ring (bicyclic) bond motifs is 1. The van der Waals surface area contributed by atoms with Crippen LogP contribution in [0.4, 0.5) is 5.69 Å². The minimum Gasteiger partial charge on any atom is -0.332 e. The number of aromatic nitrogens is 2. The summed E-state index contributed by atoms with van der Waals surface area (Å²) >= 11 is 0. The number of para-hydroxylation sites is 1. The number of likely N-dealkylation sites (N-methyl/N-ethyl adjacent to an activating group) is 1. The van der Waals surface area contributed by atoms with Crippen LogP contribution in [0.15, 0.2) is 54.7 Å². The Balaban J connectivity index is 0.000000886. The quantitative estimate of drug-likeness (QED) is 0.572. The summed E-state index contributed by atoms with van der Waals surface area (Å²) in [6, 6.07) is 15.7. The number of anilines is 1. The van der Waals surface area contributed by atoms with Gasteiger partial charge in [-0.2, -0.15) is 10.4 Å². The molecule has 1 N–H and O–H groups in total. The number of carbonyl (C=O) groups is 3. The van der Waals surface area contributed by atoms with Gasteiger partial charge in [0.25, 0.3) is 5.91 Å². The third-order valence-corrected chi connectivity index (χ3v) is 5.90. The van der Waals surface area contributed by atoms with Gasteiger partial charge in [0.15, 0.2) is 0 Å². The fourth-order valence-corrected chi connectivity index (χ4v) is 4.05. The molecule has 0 saturated carbocycles. The third-order valence-electron chi connectivity index (χ3n) is 5.90. The lowest BCUT2D eigenvalue weighted by Crippen LogP contribution is -2.43. The predicted molar refractivity (Wildman–Crippen MR) is 142 cm³/mol. The number of amides is 3. The number of nitrogens with one attached hydrogen (secondary N) is 1. The summed E-state index contributed by atoms with van der Waals surface area (Å²) in [5, 5.41) is 17.5. The van der Waals surface area contributed by atoms with Crippen molar-refractivity contribution in [3.63, 3.8) is 0 Å².